The fourth-order valence-corrected chi connectivity index (χ4v) is 3.08. The van der Waals surface area contributed by atoms with Gasteiger partial charge in [0.1, 0.15) is 0 Å². The molecule has 112 valence electrons. The van der Waals surface area contributed by atoms with E-state index in [2.05, 4.69) is 39.2 Å². The van der Waals surface area contributed by atoms with Crippen molar-refractivity contribution >= 4 is 38.2 Å². The third-order valence-electron chi connectivity index (χ3n) is 4.25. The fraction of sp³-hybridized carbons (Fsp3) is 0.438. The first-order chi connectivity index (χ1) is 10.1. The van der Waals surface area contributed by atoms with Gasteiger partial charge in [-0.1, -0.05) is 22.9 Å². The first-order valence-electron chi connectivity index (χ1n) is 7.23. The molecule has 0 amide bonds. The topological polar surface area (TPSA) is 60.2 Å². The molecule has 2 heterocycles. The molecule has 1 saturated heterocycles. The first-order valence-corrected chi connectivity index (χ1v) is 8.02. The van der Waals surface area contributed by atoms with Crippen molar-refractivity contribution in [3.05, 3.63) is 28.9 Å². The molecule has 0 atom stereocenters. The standard InChI is InChI=1S/C16H20BrN3O/c1-16(4-6-21-7-5-16)10-20-15-12-8-11(17)2-3-14(12)19-9-13(15)18/h2-3,8-9H,4-7,10,18H2,1H3,(H,19,20). The number of fused-ring (bicyclic) bond motifs is 1. The average Bonchev–Trinajstić information content (AvgIpc) is 2.47. The molecule has 4 nitrogen and oxygen atoms in total. The summed E-state index contributed by atoms with van der Waals surface area (Å²) in [5.74, 6) is 0. The maximum absolute atomic E-state index is 6.13. The lowest BCUT2D eigenvalue weighted by molar-refractivity contribution is 0.0300. The number of hydrogen-bond acceptors (Lipinski definition) is 4. The Balaban J connectivity index is 1.89. The number of nitrogens with zero attached hydrogens (tertiary/aromatic N) is 1. The zero-order valence-electron chi connectivity index (χ0n) is 12.2. The van der Waals surface area contributed by atoms with E-state index in [1.54, 1.807) is 6.20 Å². The summed E-state index contributed by atoms with van der Waals surface area (Å²) in [5.41, 5.74) is 9.01. The molecule has 1 aliphatic rings. The maximum atomic E-state index is 6.13. The molecule has 0 saturated carbocycles. The van der Waals surface area contributed by atoms with Gasteiger partial charge < -0.3 is 15.8 Å². The van der Waals surface area contributed by atoms with E-state index in [9.17, 15) is 0 Å². The van der Waals surface area contributed by atoms with Crippen molar-refractivity contribution in [1.82, 2.24) is 4.98 Å². The normalized spacial score (nSPS) is 17.8. The minimum absolute atomic E-state index is 0.256. The van der Waals surface area contributed by atoms with Crippen LogP contribution in [-0.2, 0) is 4.74 Å². The predicted molar refractivity (Wildman–Crippen MR) is 90.5 cm³/mol. The number of halogens is 1. The van der Waals surface area contributed by atoms with Gasteiger partial charge in [-0.05, 0) is 36.5 Å². The monoisotopic (exact) mass is 349 g/mol. The molecule has 1 aromatic heterocycles. The summed E-state index contributed by atoms with van der Waals surface area (Å²) in [6.45, 7) is 4.89. The minimum atomic E-state index is 0.256. The van der Waals surface area contributed by atoms with E-state index in [0.717, 1.165) is 53.7 Å². The lowest BCUT2D eigenvalue weighted by Crippen LogP contribution is -2.33. The molecule has 0 spiro atoms. The number of nitrogen functional groups attached to an aromatic ring is 1. The number of hydrogen-bond donors (Lipinski definition) is 2. The molecule has 3 rings (SSSR count). The molecule has 3 N–H and O–H groups in total. The van der Waals surface area contributed by atoms with Crippen molar-refractivity contribution in [1.29, 1.82) is 0 Å². The van der Waals surface area contributed by atoms with E-state index in [1.165, 1.54) is 0 Å². The van der Waals surface area contributed by atoms with Crippen LogP contribution in [0.2, 0.25) is 0 Å². The summed E-state index contributed by atoms with van der Waals surface area (Å²) in [4.78, 5) is 4.39. The van der Waals surface area contributed by atoms with E-state index in [4.69, 9.17) is 10.5 Å². The number of nitrogens with two attached hydrogens (primary N) is 1. The van der Waals surface area contributed by atoms with E-state index in [1.807, 2.05) is 12.1 Å². The van der Waals surface area contributed by atoms with E-state index in [-0.39, 0.29) is 5.41 Å². The molecule has 1 aliphatic heterocycles. The number of aromatic nitrogens is 1. The van der Waals surface area contributed by atoms with Crippen LogP contribution >= 0.6 is 15.9 Å². The van der Waals surface area contributed by atoms with Gasteiger partial charge in [-0.15, -0.1) is 0 Å². The van der Waals surface area contributed by atoms with Gasteiger partial charge in [0.05, 0.1) is 23.1 Å². The minimum Gasteiger partial charge on any atom is -0.396 e. The van der Waals surface area contributed by atoms with Gasteiger partial charge in [0.25, 0.3) is 0 Å². The van der Waals surface area contributed by atoms with Crippen LogP contribution in [0, 0.1) is 5.41 Å². The SMILES string of the molecule is CC1(CNc2c(N)cnc3ccc(Br)cc23)CCOCC1. The Morgan fingerprint density at radius 3 is 2.90 bits per heavy atom. The maximum Gasteiger partial charge on any atom is 0.0743 e. The zero-order valence-corrected chi connectivity index (χ0v) is 13.7. The third-order valence-corrected chi connectivity index (χ3v) is 4.74. The lowest BCUT2D eigenvalue weighted by Gasteiger charge is -2.34. The van der Waals surface area contributed by atoms with Crippen LogP contribution in [0.3, 0.4) is 0 Å². The second kappa shape index (κ2) is 5.81. The van der Waals surface area contributed by atoms with Gasteiger partial charge >= 0.3 is 0 Å². The van der Waals surface area contributed by atoms with E-state index in [0.29, 0.717) is 5.69 Å². The summed E-state index contributed by atoms with van der Waals surface area (Å²) >= 11 is 3.52. The second-order valence-electron chi connectivity index (χ2n) is 6.03. The predicted octanol–water partition coefficient (Wildman–Crippen LogP) is 3.81. The third kappa shape index (κ3) is 3.14. The van der Waals surface area contributed by atoms with Crippen molar-refractivity contribution in [2.24, 2.45) is 5.41 Å². The molecule has 2 aromatic rings. The van der Waals surface area contributed by atoms with Crippen LogP contribution in [-0.4, -0.2) is 24.7 Å². The van der Waals surface area contributed by atoms with Crippen molar-refractivity contribution < 1.29 is 4.74 Å². The van der Waals surface area contributed by atoms with Crippen molar-refractivity contribution in [3.8, 4) is 0 Å². The van der Waals surface area contributed by atoms with Crippen molar-refractivity contribution in [2.75, 3.05) is 30.8 Å². The number of rotatable bonds is 3. The largest absolute Gasteiger partial charge is 0.396 e. The molecule has 0 aliphatic carbocycles. The Morgan fingerprint density at radius 1 is 1.38 bits per heavy atom. The Labute approximate surface area is 133 Å². The molecule has 0 radical (unpaired) electrons. The van der Waals surface area contributed by atoms with Gasteiger partial charge in [0.15, 0.2) is 0 Å². The highest BCUT2D eigenvalue weighted by Gasteiger charge is 2.27. The quantitative estimate of drug-likeness (QED) is 0.884. The molecular formula is C16H20BrN3O. The second-order valence-corrected chi connectivity index (χ2v) is 6.94. The highest BCUT2D eigenvalue weighted by molar-refractivity contribution is 9.10. The Morgan fingerprint density at radius 2 is 2.14 bits per heavy atom. The van der Waals surface area contributed by atoms with Crippen LogP contribution in [0.5, 0.6) is 0 Å². The highest BCUT2D eigenvalue weighted by atomic mass is 79.9. The Bertz CT molecular complexity index is 648. The number of anilines is 2. The smallest absolute Gasteiger partial charge is 0.0743 e. The van der Waals surface area contributed by atoms with Crippen LogP contribution < -0.4 is 11.1 Å². The molecular weight excluding hydrogens is 330 g/mol. The van der Waals surface area contributed by atoms with Gasteiger partial charge in [-0.3, -0.25) is 4.98 Å². The number of benzene rings is 1. The number of ether oxygens (including phenoxy) is 1. The van der Waals surface area contributed by atoms with E-state index < -0.39 is 0 Å². The molecule has 21 heavy (non-hydrogen) atoms. The van der Waals surface area contributed by atoms with Crippen LogP contribution in [0.25, 0.3) is 10.9 Å². The molecule has 1 fully saturated rings. The van der Waals surface area contributed by atoms with Gasteiger partial charge in [0.2, 0.25) is 0 Å². The van der Waals surface area contributed by atoms with Crippen LogP contribution in [0.4, 0.5) is 11.4 Å². The number of pyridine rings is 1. The summed E-state index contributed by atoms with van der Waals surface area (Å²) in [7, 11) is 0. The molecule has 5 heteroatoms. The van der Waals surface area contributed by atoms with Gasteiger partial charge in [-0.25, -0.2) is 0 Å². The average molecular weight is 350 g/mol. The Kier molecular flexibility index (Phi) is 4.04. The van der Waals surface area contributed by atoms with Crippen molar-refractivity contribution in [3.63, 3.8) is 0 Å². The highest BCUT2D eigenvalue weighted by Crippen LogP contribution is 2.34. The lowest BCUT2D eigenvalue weighted by atomic mass is 9.82. The van der Waals surface area contributed by atoms with Crippen LogP contribution in [0.1, 0.15) is 19.8 Å². The van der Waals surface area contributed by atoms with Gasteiger partial charge in [0, 0.05) is 29.6 Å². The Hall–Kier alpha value is -1.33. The summed E-state index contributed by atoms with van der Waals surface area (Å²) in [6.07, 6.45) is 3.88. The summed E-state index contributed by atoms with van der Waals surface area (Å²) < 4.78 is 6.49. The van der Waals surface area contributed by atoms with Crippen molar-refractivity contribution in [2.45, 2.75) is 19.8 Å². The number of nitrogens with one attached hydrogen (secondary N) is 1. The zero-order chi connectivity index (χ0) is 14.9. The van der Waals surface area contributed by atoms with E-state index >= 15 is 0 Å². The summed E-state index contributed by atoms with van der Waals surface area (Å²) in [5, 5.41) is 4.61. The summed E-state index contributed by atoms with van der Waals surface area (Å²) in [6, 6.07) is 6.06. The first kappa shape index (κ1) is 14.6. The fourth-order valence-electron chi connectivity index (χ4n) is 2.72. The van der Waals surface area contributed by atoms with Gasteiger partial charge in [-0.2, -0.15) is 0 Å². The molecule has 1 aromatic carbocycles. The van der Waals surface area contributed by atoms with Crippen LogP contribution in [0.15, 0.2) is 28.9 Å². The molecule has 0 unspecified atom stereocenters. The molecule has 0 bridgehead atoms.